The Kier molecular flexibility index (Phi) is 5.36. The third kappa shape index (κ3) is 5.42. The van der Waals surface area contributed by atoms with E-state index in [2.05, 4.69) is 21.3 Å². The van der Waals surface area contributed by atoms with Gasteiger partial charge < -0.3 is 10.5 Å². The van der Waals surface area contributed by atoms with Crippen LogP contribution in [0.3, 0.4) is 0 Å². The topological polar surface area (TPSA) is 98.5 Å². The molecule has 0 unspecified atom stereocenters. The summed E-state index contributed by atoms with van der Waals surface area (Å²) >= 11 is 0. The zero-order valence-corrected chi connectivity index (χ0v) is 11.2. The van der Waals surface area contributed by atoms with Crippen molar-refractivity contribution in [3.8, 4) is 11.8 Å². The van der Waals surface area contributed by atoms with Gasteiger partial charge in [-0.05, 0) is 18.2 Å². The molecular weight excluding hydrogens is 268 g/mol. The second kappa shape index (κ2) is 6.78. The van der Waals surface area contributed by atoms with Gasteiger partial charge in [0.2, 0.25) is 10.0 Å². The Morgan fingerprint density at radius 1 is 1.47 bits per heavy atom. The molecule has 1 rings (SSSR count). The van der Waals surface area contributed by atoms with E-state index in [1.165, 1.54) is 0 Å². The Bertz CT molecular complexity index is 614. The van der Waals surface area contributed by atoms with Gasteiger partial charge in [-0.15, -0.1) is 0 Å². The van der Waals surface area contributed by atoms with Crippen LogP contribution >= 0.6 is 0 Å². The first-order chi connectivity index (χ1) is 8.96. The summed E-state index contributed by atoms with van der Waals surface area (Å²) in [6, 6.07) is 6.48. The van der Waals surface area contributed by atoms with Gasteiger partial charge >= 0.3 is 5.97 Å². The molecule has 0 fully saturated rings. The van der Waals surface area contributed by atoms with E-state index in [1.807, 2.05) is 0 Å². The van der Waals surface area contributed by atoms with E-state index in [1.54, 1.807) is 24.3 Å². The molecule has 3 N–H and O–H groups in total. The molecule has 19 heavy (non-hydrogen) atoms. The average molecular weight is 282 g/mol. The second-order valence-electron chi connectivity index (χ2n) is 3.52. The van der Waals surface area contributed by atoms with Crippen LogP contribution in [0.25, 0.3) is 0 Å². The van der Waals surface area contributed by atoms with Gasteiger partial charge in [0.1, 0.15) is 0 Å². The third-order valence-electron chi connectivity index (χ3n) is 2.01. The fraction of sp³-hybridized carbons (Fsp3) is 0.250. The monoisotopic (exact) mass is 282 g/mol. The van der Waals surface area contributed by atoms with Gasteiger partial charge in [0.25, 0.3) is 0 Å². The van der Waals surface area contributed by atoms with E-state index in [0.29, 0.717) is 11.3 Å². The number of carbonyl (C=O) groups is 1. The molecule has 0 spiro atoms. The number of carbonyl (C=O) groups excluding carboxylic acids is 1. The van der Waals surface area contributed by atoms with Gasteiger partial charge in [0.15, 0.2) is 5.75 Å². The average Bonchev–Trinajstić information content (AvgIpc) is 2.35. The standard InChI is InChI=1S/C12H14N2O4S/c1-18-12(15)9-19(16,17)14-11-6-2-4-10(8-11)5-3-7-13/h2,4,6,8,14H,7,9,13H2,1H3. The summed E-state index contributed by atoms with van der Waals surface area (Å²) in [7, 11) is -2.65. The van der Waals surface area contributed by atoms with Gasteiger partial charge in [-0.3, -0.25) is 9.52 Å². The molecule has 0 atom stereocenters. The summed E-state index contributed by atoms with van der Waals surface area (Å²) in [5, 5.41) is 0. The molecule has 7 heteroatoms. The minimum absolute atomic E-state index is 0.221. The fourth-order valence-corrected chi connectivity index (χ4v) is 2.23. The van der Waals surface area contributed by atoms with Crippen molar-refractivity contribution < 1.29 is 17.9 Å². The molecule has 1 aromatic carbocycles. The van der Waals surface area contributed by atoms with E-state index in [-0.39, 0.29) is 6.54 Å². The molecule has 0 radical (unpaired) electrons. The van der Waals surface area contributed by atoms with Crippen LogP contribution in [-0.4, -0.2) is 33.8 Å². The summed E-state index contributed by atoms with van der Waals surface area (Å²) in [6.45, 7) is 0.221. The zero-order valence-electron chi connectivity index (χ0n) is 10.3. The van der Waals surface area contributed by atoms with Crippen LogP contribution in [0.2, 0.25) is 0 Å². The number of ether oxygens (including phenoxy) is 1. The quantitative estimate of drug-likeness (QED) is 0.594. The summed E-state index contributed by atoms with van der Waals surface area (Å²) in [5.74, 6) is 3.88. The van der Waals surface area contributed by atoms with E-state index >= 15 is 0 Å². The highest BCUT2D eigenvalue weighted by Gasteiger charge is 2.16. The Hall–Kier alpha value is -2.04. The largest absolute Gasteiger partial charge is 0.468 e. The van der Waals surface area contributed by atoms with Gasteiger partial charge in [-0.2, -0.15) is 0 Å². The lowest BCUT2D eigenvalue weighted by Crippen LogP contribution is -2.23. The first-order valence-corrected chi connectivity index (χ1v) is 6.98. The smallest absolute Gasteiger partial charge is 0.322 e. The van der Waals surface area contributed by atoms with Crippen molar-refractivity contribution in [2.45, 2.75) is 0 Å². The Labute approximate surface area is 112 Å². The maximum Gasteiger partial charge on any atom is 0.322 e. The molecule has 0 heterocycles. The number of methoxy groups -OCH3 is 1. The lowest BCUT2D eigenvalue weighted by atomic mass is 10.2. The van der Waals surface area contributed by atoms with Crippen molar-refractivity contribution in [1.29, 1.82) is 0 Å². The highest BCUT2D eigenvalue weighted by molar-refractivity contribution is 7.93. The number of rotatable bonds is 4. The number of sulfonamides is 1. The van der Waals surface area contributed by atoms with Crippen LogP contribution in [0.5, 0.6) is 0 Å². The maximum atomic E-state index is 11.6. The minimum atomic E-state index is -3.78. The zero-order chi connectivity index (χ0) is 14.3. The molecule has 0 saturated carbocycles. The molecular formula is C12H14N2O4S. The highest BCUT2D eigenvalue weighted by atomic mass is 32.2. The van der Waals surface area contributed by atoms with Crippen molar-refractivity contribution in [3.63, 3.8) is 0 Å². The first kappa shape index (κ1) is 15.0. The second-order valence-corrected chi connectivity index (χ2v) is 5.25. The molecule has 1 aromatic rings. The first-order valence-electron chi connectivity index (χ1n) is 5.33. The Balaban J connectivity index is 2.85. The number of nitrogens with one attached hydrogen (secondary N) is 1. The summed E-state index contributed by atoms with van der Waals surface area (Å²) in [5.41, 5.74) is 6.20. The maximum absolute atomic E-state index is 11.6. The molecule has 0 saturated heterocycles. The lowest BCUT2D eigenvalue weighted by molar-refractivity contribution is -0.137. The van der Waals surface area contributed by atoms with Crippen molar-refractivity contribution in [1.82, 2.24) is 0 Å². The van der Waals surface area contributed by atoms with Crippen molar-refractivity contribution in [3.05, 3.63) is 29.8 Å². The lowest BCUT2D eigenvalue weighted by Gasteiger charge is -2.07. The van der Waals surface area contributed by atoms with Crippen molar-refractivity contribution in [2.24, 2.45) is 5.73 Å². The minimum Gasteiger partial charge on any atom is -0.468 e. The SMILES string of the molecule is COC(=O)CS(=O)(=O)Nc1cccc(C#CCN)c1. The van der Waals surface area contributed by atoms with E-state index in [4.69, 9.17) is 5.73 Å². The molecule has 0 aromatic heterocycles. The van der Waals surface area contributed by atoms with Crippen molar-refractivity contribution in [2.75, 3.05) is 24.1 Å². The van der Waals surface area contributed by atoms with Crippen LogP contribution < -0.4 is 10.5 Å². The van der Waals surface area contributed by atoms with Gasteiger partial charge in [0, 0.05) is 11.3 Å². The highest BCUT2D eigenvalue weighted by Crippen LogP contribution is 2.11. The molecule has 0 aliphatic rings. The molecule has 0 amide bonds. The van der Waals surface area contributed by atoms with Crippen LogP contribution in [0.15, 0.2) is 24.3 Å². The van der Waals surface area contributed by atoms with Gasteiger partial charge in [0.05, 0.1) is 13.7 Å². The van der Waals surface area contributed by atoms with E-state index in [9.17, 15) is 13.2 Å². The predicted molar refractivity (Wildman–Crippen MR) is 71.8 cm³/mol. The fourth-order valence-electron chi connectivity index (χ4n) is 1.24. The van der Waals surface area contributed by atoms with Gasteiger partial charge in [-0.1, -0.05) is 17.9 Å². The summed E-state index contributed by atoms with van der Waals surface area (Å²) in [4.78, 5) is 10.9. The summed E-state index contributed by atoms with van der Waals surface area (Å²) in [6.07, 6.45) is 0. The predicted octanol–water partition coefficient (Wildman–Crippen LogP) is -0.0885. The molecule has 0 bridgehead atoms. The number of hydrogen-bond donors (Lipinski definition) is 2. The third-order valence-corrected chi connectivity index (χ3v) is 3.17. The van der Waals surface area contributed by atoms with Crippen molar-refractivity contribution >= 4 is 21.7 Å². The van der Waals surface area contributed by atoms with Crippen LogP contribution in [-0.2, 0) is 19.6 Å². The van der Waals surface area contributed by atoms with Gasteiger partial charge in [-0.25, -0.2) is 8.42 Å². The number of esters is 1. The molecule has 0 aliphatic carbocycles. The summed E-state index contributed by atoms with van der Waals surface area (Å²) < 4.78 is 29.8. The van der Waals surface area contributed by atoms with Crippen LogP contribution in [0, 0.1) is 11.8 Å². The molecule has 6 nitrogen and oxygen atoms in total. The molecule has 102 valence electrons. The van der Waals surface area contributed by atoms with Crippen LogP contribution in [0.4, 0.5) is 5.69 Å². The number of benzene rings is 1. The van der Waals surface area contributed by atoms with Crippen LogP contribution in [0.1, 0.15) is 5.56 Å². The van der Waals surface area contributed by atoms with E-state index in [0.717, 1.165) is 7.11 Å². The van der Waals surface area contributed by atoms with E-state index < -0.39 is 21.7 Å². The molecule has 0 aliphatic heterocycles. The number of nitrogens with two attached hydrogens (primary N) is 1. The Morgan fingerprint density at radius 2 is 2.21 bits per heavy atom. The number of hydrogen-bond acceptors (Lipinski definition) is 5. The normalized spacial score (nSPS) is 10.2. The Morgan fingerprint density at radius 3 is 2.84 bits per heavy atom. The number of anilines is 1.